The van der Waals surface area contributed by atoms with E-state index in [2.05, 4.69) is 32.4 Å². The van der Waals surface area contributed by atoms with Gasteiger partial charge in [-0.05, 0) is 31.6 Å². The summed E-state index contributed by atoms with van der Waals surface area (Å²) in [5.41, 5.74) is 1.66. The van der Waals surface area contributed by atoms with E-state index in [0.29, 0.717) is 18.3 Å². The van der Waals surface area contributed by atoms with Crippen molar-refractivity contribution in [2.24, 2.45) is 5.92 Å². The summed E-state index contributed by atoms with van der Waals surface area (Å²) < 4.78 is 5.51. The van der Waals surface area contributed by atoms with Gasteiger partial charge in [0.25, 0.3) is 0 Å². The monoisotopic (exact) mass is 406 g/mol. The number of benzene rings is 1. The molecule has 1 aromatic carbocycles. The zero-order valence-corrected chi connectivity index (χ0v) is 17.0. The van der Waals surface area contributed by atoms with Crippen molar-refractivity contribution in [3.8, 4) is 11.8 Å². The number of nitrogens with one attached hydrogen (secondary N) is 2. The first-order chi connectivity index (χ1) is 14.2. The molecular formula is C22H22N4O2S. The minimum atomic E-state index is -0.286. The van der Waals surface area contributed by atoms with E-state index in [-0.39, 0.29) is 6.03 Å². The number of amides is 2. The van der Waals surface area contributed by atoms with Crippen LogP contribution in [0.3, 0.4) is 0 Å². The van der Waals surface area contributed by atoms with Crippen LogP contribution in [0, 0.1) is 24.7 Å². The molecule has 1 fully saturated rings. The lowest BCUT2D eigenvalue weighted by Crippen LogP contribution is -2.31. The van der Waals surface area contributed by atoms with Crippen molar-refractivity contribution >= 4 is 33.3 Å². The van der Waals surface area contributed by atoms with Crippen LogP contribution in [0.1, 0.15) is 29.0 Å². The number of nitrogens with zero attached hydrogens (tertiary/aromatic N) is 2. The van der Waals surface area contributed by atoms with Crippen LogP contribution in [0.4, 0.5) is 9.93 Å². The molecule has 6 nitrogen and oxygen atoms in total. The summed E-state index contributed by atoms with van der Waals surface area (Å²) in [6, 6.07) is 7.74. The van der Waals surface area contributed by atoms with Crippen LogP contribution in [0.25, 0.3) is 10.8 Å². The fraction of sp³-hybridized carbons (Fsp3) is 0.318. The van der Waals surface area contributed by atoms with E-state index in [1.165, 1.54) is 24.2 Å². The Hall–Kier alpha value is -2.95. The van der Waals surface area contributed by atoms with E-state index >= 15 is 0 Å². The standard InChI is InChI=1S/C22H22N4O2S/c1-15-20(9-8-18-13-23-12-17-4-2-3-5-19(17)18)29-22(25-15)26-21(27)24-10-11-28-14-16-6-7-16/h2-5,12-13,16H,6-7,10-11,14H2,1H3,(H2,24,25,26,27). The lowest BCUT2D eigenvalue weighted by atomic mass is 10.1. The zero-order chi connectivity index (χ0) is 20.1. The van der Waals surface area contributed by atoms with E-state index in [1.807, 2.05) is 37.4 Å². The minimum Gasteiger partial charge on any atom is -0.379 e. The number of ether oxygens (including phenoxy) is 1. The van der Waals surface area contributed by atoms with Crippen LogP contribution in [0.2, 0.25) is 0 Å². The van der Waals surface area contributed by atoms with Gasteiger partial charge in [0.05, 0.1) is 17.9 Å². The number of hydrogen-bond acceptors (Lipinski definition) is 5. The highest BCUT2D eigenvalue weighted by Crippen LogP contribution is 2.28. The number of urea groups is 1. The lowest BCUT2D eigenvalue weighted by molar-refractivity contribution is 0.127. The molecule has 0 unspecified atom stereocenters. The Bertz CT molecular complexity index is 1070. The van der Waals surface area contributed by atoms with Crippen LogP contribution in [-0.2, 0) is 4.74 Å². The van der Waals surface area contributed by atoms with Gasteiger partial charge in [0.1, 0.15) is 4.88 Å². The van der Waals surface area contributed by atoms with Gasteiger partial charge in [0, 0.05) is 36.3 Å². The molecule has 0 aliphatic heterocycles. The second-order valence-corrected chi connectivity index (χ2v) is 7.99. The van der Waals surface area contributed by atoms with Crippen molar-refractivity contribution < 1.29 is 9.53 Å². The minimum absolute atomic E-state index is 0.286. The predicted molar refractivity (Wildman–Crippen MR) is 115 cm³/mol. The SMILES string of the molecule is Cc1nc(NC(=O)NCCOCC2CC2)sc1C#Cc1cncc2ccccc12. The second kappa shape index (κ2) is 9.03. The van der Waals surface area contributed by atoms with Gasteiger partial charge in [-0.15, -0.1) is 0 Å². The molecule has 29 heavy (non-hydrogen) atoms. The molecular weight excluding hydrogens is 384 g/mol. The van der Waals surface area contributed by atoms with Crippen molar-refractivity contribution in [3.05, 3.63) is 52.8 Å². The van der Waals surface area contributed by atoms with E-state index in [9.17, 15) is 4.79 Å². The Morgan fingerprint density at radius 3 is 3.00 bits per heavy atom. The molecule has 0 bridgehead atoms. The van der Waals surface area contributed by atoms with E-state index in [0.717, 1.165) is 39.4 Å². The Morgan fingerprint density at radius 1 is 1.28 bits per heavy atom. The first-order valence-electron chi connectivity index (χ1n) is 9.64. The van der Waals surface area contributed by atoms with E-state index < -0.39 is 0 Å². The topological polar surface area (TPSA) is 76.1 Å². The number of anilines is 1. The summed E-state index contributed by atoms with van der Waals surface area (Å²) in [7, 11) is 0. The van der Waals surface area contributed by atoms with Gasteiger partial charge in [-0.1, -0.05) is 41.5 Å². The van der Waals surface area contributed by atoms with Crippen molar-refractivity contribution in [1.29, 1.82) is 0 Å². The maximum Gasteiger partial charge on any atom is 0.321 e. The van der Waals surface area contributed by atoms with Crippen LogP contribution in [0.15, 0.2) is 36.7 Å². The number of carbonyl (C=O) groups excluding carboxylic acids is 1. The zero-order valence-electron chi connectivity index (χ0n) is 16.2. The molecule has 1 aliphatic rings. The van der Waals surface area contributed by atoms with Crippen LogP contribution in [0.5, 0.6) is 0 Å². The number of hydrogen-bond donors (Lipinski definition) is 2. The molecule has 0 spiro atoms. The van der Waals surface area contributed by atoms with Gasteiger partial charge in [-0.3, -0.25) is 10.3 Å². The molecule has 4 rings (SSSR count). The fourth-order valence-corrected chi connectivity index (χ4v) is 3.63. The normalized spacial score (nSPS) is 13.0. The average Bonchev–Trinajstić information content (AvgIpc) is 3.48. The first-order valence-corrected chi connectivity index (χ1v) is 10.5. The molecule has 2 heterocycles. The quantitative estimate of drug-likeness (QED) is 0.480. The molecule has 2 N–H and O–H groups in total. The second-order valence-electron chi connectivity index (χ2n) is 6.99. The summed E-state index contributed by atoms with van der Waals surface area (Å²) in [5, 5.41) is 8.20. The summed E-state index contributed by atoms with van der Waals surface area (Å²) in [5.74, 6) is 7.08. The van der Waals surface area contributed by atoms with Gasteiger partial charge in [-0.25, -0.2) is 9.78 Å². The third-order valence-corrected chi connectivity index (χ3v) is 5.57. The van der Waals surface area contributed by atoms with Gasteiger partial charge >= 0.3 is 6.03 Å². The smallest absolute Gasteiger partial charge is 0.321 e. The van der Waals surface area contributed by atoms with Gasteiger partial charge in [0.2, 0.25) is 0 Å². The highest BCUT2D eigenvalue weighted by atomic mass is 32.1. The van der Waals surface area contributed by atoms with E-state index in [4.69, 9.17) is 4.74 Å². The van der Waals surface area contributed by atoms with Gasteiger partial charge in [-0.2, -0.15) is 0 Å². The highest BCUT2D eigenvalue weighted by Gasteiger charge is 2.20. The third kappa shape index (κ3) is 5.31. The number of thiazole rings is 1. The van der Waals surface area contributed by atoms with Crippen molar-refractivity contribution in [3.63, 3.8) is 0 Å². The molecule has 0 atom stereocenters. The number of carbonyl (C=O) groups is 1. The Balaban J connectivity index is 1.35. The number of pyridine rings is 1. The van der Waals surface area contributed by atoms with E-state index in [1.54, 1.807) is 6.20 Å². The Kier molecular flexibility index (Phi) is 6.03. The van der Waals surface area contributed by atoms with Crippen molar-refractivity contribution in [1.82, 2.24) is 15.3 Å². The first kappa shape index (κ1) is 19.4. The molecule has 2 amide bonds. The number of rotatable bonds is 6. The molecule has 3 aromatic rings. The molecule has 148 valence electrons. The molecule has 1 saturated carbocycles. The summed E-state index contributed by atoms with van der Waals surface area (Å²) in [4.78, 5) is 21.5. The highest BCUT2D eigenvalue weighted by molar-refractivity contribution is 7.16. The number of aromatic nitrogens is 2. The number of aryl methyl sites for hydroxylation is 1. The lowest BCUT2D eigenvalue weighted by Gasteiger charge is -2.05. The summed E-state index contributed by atoms with van der Waals surface area (Å²) in [6.45, 7) is 3.68. The van der Waals surface area contributed by atoms with Crippen LogP contribution in [-0.4, -0.2) is 35.8 Å². The van der Waals surface area contributed by atoms with Crippen LogP contribution >= 0.6 is 11.3 Å². The fourth-order valence-electron chi connectivity index (χ4n) is 2.82. The molecule has 0 radical (unpaired) electrons. The van der Waals surface area contributed by atoms with Crippen LogP contribution < -0.4 is 10.6 Å². The average molecular weight is 407 g/mol. The predicted octanol–water partition coefficient (Wildman–Crippen LogP) is 3.95. The number of fused-ring (bicyclic) bond motifs is 1. The molecule has 1 aliphatic carbocycles. The Labute approximate surface area is 173 Å². The maximum absolute atomic E-state index is 12.0. The molecule has 0 saturated heterocycles. The van der Waals surface area contributed by atoms with Crippen molar-refractivity contribution in [2.45, 2.75) is 19.8 Å². The maximum atomic E-state index is 12.0. The summed E-state index contributed by atoms with van der Waals surface area (Å²) in [6.07, 6.45) is 6.12. The van der Waals surface area contributed by atoms with Crippen molar-refractivity contribution in [2.75, 3.05) is 25.1 Å². The Morgan fingerprint density at radius 2 is 2.14 bits per heavy atom. The molecule has 2 aromatic heterocycles. The molecule has 7 heteroatoms. The van der Waals surface area contributed by atoms with Gasteiger partial charge < -0.3 is 10.1 Å². The third-order valence-electron chi connectivity index (χ3n) is 4.58. The van der Waals surface area contributed by atoms with Gasteiger partial charge in [0.15, 0.2) is 5.13 Å². The largest absolute Gasteiger partial charge is 0.379 e. The summed E-state index contributed by atoms with van der Waals surface area (Å²) >= 11 is 1.36.